The van der Waals surface area contributed by atoms with Crippen molar-refractivity contribution in [1.82, 2.24) is 4.98 Å². The zero-order valence-corrected chi connectivity index (χ0v) is 10.6. The van der Waals surface area contributed by atoms with Gasteiger partial charge in [-0.25, -0.2) is 9.37 Å². The Bertz CT molecular complexity index is 645. The van der Waals surface area contributed by atoms with Crippen LogP contribution in [0, 0.1) is 5.82 Å². The second kappa shape index (κ2) is 5.17. The van der Waals surface area contributed by atoms with Crippen LogP contribution >= 0.6 is 11.3 Å². The van der Waals surface area contributed by atoms with Crippen molar-refractivity contribution in [2.45, 2.75) is 12.4 Å². The van der Waals surface area contributed by atoms with Gasteiger partial charge >= 0.3 is 12.4 Å². The summed E-state index contributed by atoms with van der Waals surface area (Å²) in [4.78, 5) is 3.18. The van der Waals surface area contributed by atoms with E-state index in [1.807, 2.05) is 0 Å². The summed E-state index contributed by atoms with van der Waals surface area (Å²) in [7, 11) is 0. The maximum atomic E-state index is 13.1. The fourth-order valence-electron chi connectivity index (χ4n) is 1.41. The number of anilines is 2. The molecule has 1 aromatic carbocycles. The standard InChI is InChI=1S/C11H5F7N2S/c12-6-1-5(10(13,14)15)2-7(3-6)19-9-20-8(4-21-9)11(16,17)18/h1-4H,(H,19,20). The molecule has 0 spiro atoms. The molecule has 1 N–H and O–H groups in total. The minimum Gasteiger partial charge on any atom is -0.331 e. The molecule has 1 aromatic heterocycles. The van der Waals surface area contributed by atoms with Gasteiger partial charge in [0.2, 0.25) is 0 Å². The number of hydrogen-bond donors (Lipinski definition) is 1. The van der Waals surface area contributed by atoms with Crippen LogP contribution < -0.4 is 5.32 Å². The second-order valence-corrected chi connectivity index (χ2v) is 4.75. The SMILES string of the molecule is Fc1cc(Nc2nc(C(F)(F)F)cs2)cc(C(F)(F)F)c1. The third-order valence-corrected chi connectivity index (χ3v) is 3.03. The van der Waals surface area contributed by atoms with E-state index >= 15 is 0 Å². The number of nitrogens with zero attached hydrogens (tertiary/aromatic N) is 1. The van der Waals surface area contributed by atoms with Crippen LogP contribution in [0.2, 0.25) is 0 Å². The van der Waals surface area contributed by atoms with Crippen LogP contribution in [0.5, 0.6) is 0 Å². The lowest BCUT2D eigenvalue weighted by Crippen LogP contribution is -2.07. The fourth-order valence-corrected chi connectivity index (χ4v) is 2.15. The molecule has 2 aromatic rings. The molecule has 0 atom stereocenters. The van der Waals surface area contributed by atoms with Crippen LogP contribution in [0.3, 0.4) is 0 Å². The van der Waals surface area contributed by atoms with Gasteiger partial charge in [-0.1, -0.05) is 0 Å². The Morgan fingerprint density at radius 3 is 2.14 bits per heavy atom. The highest BCUT2D eigenvalue weighted by molar-refractivity contribution is 7.13. The molecule has 0 radical (unpaired) electrons. The Labute approximate surface area is 117 Å². The summed E-state index contributed by atoms with van der Waals surface area (Å²) in [6.45, 7) is 0. The molecule has 10 heteroatoms. The summed E-state index contributed by atoms with van der Waals surface area (Å²) in [5.41, 5.74) is -2.77. The second-order valence-electron chi connectivity index (χ2n) is 3.89. The first-order chi connectivity index (χ1) is 9.55. The number of rotatable bonds is 2. The van der Waals surface area contributed by atoms with Crippen molar-refractivity contribution in [1.29, 1.82) is 0 Å². The summed E-state index contributed by atoms with van der Waals surface area (Å²) in [5, 5.41) is 2.63. The number of thiazole rings is 1. The summed E-state index contributed by atoms with van der Waals surface area (Å²) in [6.07, 6.45) is -9.42. The Kier molecular flexibility index (Phi) is 3.83. The number of hydrogen-bond acceptors (Lipinski definition) is 3. The molecule has 0 bridgehead atoms. The fraction of sp³-hybridized carbons (Fsp3) is 0.182. The van der Waals surface area contributed by atoms with Gasteiger partial charge in [0.25, 0.3) is 0 Å². The summed E-state index contributed by atoms with van der Waals surface area (Å²) >= 11 is 0.545. The zero-order valence-electron chi connectivity index (χ0n) is 9.81. The number of benzene rings is 1. The average Bonchev–Trinajstić information content (AvgIpc) is 2.75. The first-order valence-electron chi connectivity index (χ1n) is 5.23. The molecule has 0 saturated heterocycles. The van der Waals surface area contributed by atoms with Gasteiger partial charge in [-0.15, -0.1) is 11.3 Å². The molecule has 2 nitrogen and oxygen atoms in total. The molecule has 0 saturated carbocycles. The smallest absolute Gasteiger partial charge is 0.331 e. The van der Waals surface area contributed by atoms with Gasteiger partial charge in [-0.05, 0) is 18.2 Å². The van der Waals surface area contributed by atoms with E-state index < -0.39 is 29.4 Å². The predicted octanol–water partition coefficient (Wildman–Crippen LogP) is 5.06. The first kappa shape index (κ1) is 15.5. The lowest BCUT2D eigenvalue weighted by atomic mass is 10.2. The summed E-state index contributed by atoms with van der Waals surface area (Å²) in [5.74, 6) is -1.17. The van der Waals surface area contributed by atoms with Gasteiger partial charge < -0.3 is 5.32 Å². The van der Waals surface area contributed by atoms with Crippen LogP contribution in [-0.4, -0.2) is 4.98 Å². The lowest BCUT2D eigenvalue weighted by Gasteiger charge is -2.09. The Hall–Kier alpha value is -1.84. The molecular weight excluding hydrogens is 325 g/mol. The quantitative estimate of drug-likeness (QED) is 0.778. The molecule has 0 aliphatic heterocycles. The largest absolute Gasteiger partial charge is 0.434 e. The molecule has 2 rings (SSSR count). The van der Waals surface area contributed by atoms with Gasteiger partial charge in [0, 0.05) is 11.1 Å². The van der Waals surface area contributed by atoms with E-state index in [1.165, 1.54) is 0 Å². The highest BCUT2D eigenvalue weighted by Gasteiger charge is 2.34. The van der Waals surface area contributed by atoms with Gasteiger partial charge in [0.15, 0.2) is 10.8 Å². The van der Waals surface area contributed by atoms with E-state index in [1.54, 1.807) is 0 Å². The van der Waals surface area contributed by atoms with Gasteiger partial charge in [0.1, 0.15) is 5.82 Å². The van der Waals surface area contributed by atoms with Crippen molar-refractivity contribution in [2.75, 3.05) is 5.32 Å². The number of nitrogens with one attached hydrogen (secondary N) is 1. The number of alkyl halides is 6. The average molecular weight is 330 g/mol. The first-order valence-corrected chi connectivity index (χ1v) is 6.11. The third-order valence-electron chi connectivity index (χ3n) is 2.27. The van der Waals surface area contributed by atoms with Gasteiger partial charge in [0.05, 0.1) is 5.56 Å². The van der Waals surface area contributed by atoms with Crippen LogP contribution in [0.15, 0.2) is 23.6 Å². The molecule has 0 aliphatic rings. The Morgan fingerprint density at radius 1 is 0.952 bits per heavy atom. The molecule has 0 fully saturated rings. The van der Waals surface area contributed by atoms with Crippen LogP contribution in [0.1, 0.15) is 11.3 Å². The van der Waals surface area contributed by atoms with Gasteiger partial charge in [-0.3, -0.25) is 0 Å². The van der Waals surface area contributed by atoms with Crippen molar-refractivity contribution < 1.29 is 30.7 Å². The molecule has 21 heavy (non-hydrogen) atoms. The minimum atomic E-state index is -4.77. The highest BCUT2D eigenvalue weighted by atomic mass is 32.1. The molecular formula is C11H5F7N2S. The normalized spacial score (nSPS) is 12.5. The van der Waals surface area contributed by atoms with Crippen molar-refractivity contribution >= 4 is 22.2 Å². The van der Waals surface area contributed by atoms with Crippen molar-refractivity contribution in [3.05, 3.63) is 40.7 Å². The van der Waals surface area contributed by atoms with E-state index in [4.69, 9.17) is 0 Å². The molecule has 1 heterocycles. The lowest BCUT2D eigenvalue weighted by molar-refractivity contribution is -0.140. The number of aromatic nitrogens is 1. The third kappa shape index (κ3) is 3.84. The van der Waals surface area contributed by atoms with Crippen LogP contribution in [0.25, 0.3) is 0 Å². The van der Waals surface area contributed by atoms with Crippen molar-refractivity contribution in [3.63, 3.8) is 0 Å². The van der Waals surface area contributed by atoms with E-state index in [2.05, 4.69) is 10.3 Å². The Morgan fingerprint density at radius 2 is 1.62 bits per heavy atom. The van der Waals surface area contributed by atoms with Crippen molar-refractivity contribution in [3.8, 4) is 0 Å². The van der Waals surface area contributed by atoms with Crippen molar-refractivity contribution in [2.24, 2.45) is 0 Å². The molecule has 114 valence electrons. The maximum absolute atomic E-state index is 13.1. The van der Waals surface area contributed by atoms with E-state index in [-0.39, 0.29) is 16.9 Å². The predicted molar refractivity (Wildman–Crippen MR) is 61.8 cm³/mol. The maximum Gasteiger partial charge on any atom is 0.434 e. The highest BCUT2D eigenvalue weighted by Crippen LogP contribution is 2.35. The van der Waals surface area contributed by atoms with Crippen LogP contribution in [0.4, 0.5) is 41.6 Å². The van der Waals surface area contributed by atoms with Crippen LogP contribution in [-0.2, 0) is 12.4 Å². The zero-order chi connectivity index (χ0) is 15.8. The Balaban J connectivity index is 2.28. The topological polar surface area (TPSA) is 24.9 Å². The van der Waals surface area contributed by atoms with E-state index in [0.717, 1.165) is 6.07 Å². The monoisotopic (exact) mass is 330 g/mol. The molecule has 0 unspecified atom stereocenters. The van der Waals surface area contributed by atoms with E-state index in [9.17, 15) is 30.7 Å². The summed E-state index contributed by atoms with van der Waals surface area (Å²) < 4.78 is 87.6. The molecule has 0 amide bonds. The molecule has 0 aliphatic carbocycles. The summed E-state index contributed by atoms with van der Waals surface area (Å²) in [6, 6.07) is 1.59. The van der Waals surface area contributed by atoms with E-state index in [0.29, 0.717) is 22.8 Å². The number of halogens is 7. The minimum absolute atomic E-state index is 0.286. The van der Waals surface area contributed by atoms with Gasteiger partial charge in [-0.2, -0.15) is 26.3 Å².